The summed E-state index contributed by atoms with van der Waals surface area (Å²) in [6.45, 7) is 1.91. The third kappa shape index (κ3) is 5.28. The summed E-state index contributed by atoms with van der Waals surface area (Å²) in [6, 6.07) is 13.7. The molecule has 3 aromatic rings. The van der Waals surface area contributed by atoms with Gasteiger partial charge in [-0.15, -0.1) is 22.7 Å². The predicted octanol–water partition coefficient (Wildman–Crippen LogP) is 3.92. The molecular formula is C20H18N2O4S2. The minimum atomic E-state index is -0.933. The fraction of sp³-hybridized carbons (Fsp3) is 0.150. The average molecular weight is 415 g/mol. The first-order valence-corrected chi connectivity index (χ1v) is 10.2. The van der Waals surface area contributed by atoms with Crippen LogP contribution >= 0.6 is 22.7 Å². The van der Waals surface area contributed by atoms with Crippen molar-refractivity contribution in [2.45, 2.75) is 19.6 Å². The van der Waals surface area contributed by atoms with Crippen LogP contribution in [0.25, 0.3) is 0 Å². The summed E-state index contributed by atoms with van der Waals surface area (Å²) >= 11 is 2.87. The number of rotatable bonds is 7. The zero-order valence-electron chi connectivity index (χ0n) is 15.0. The van der Waals surface area contributed by atoms with Crippen LogP contribution in [0.5, 0.6) is 0 Å². The molecule has 0 aliphatic carbocycles. The van der Waals surface area contributed by atoms with Crippen molar-refractivity contribution in [2.24, 2.45) is 0 Å². The van der Waals surface area contributed by atoms with Gasteiger partial charge in [-0.1, -0.05) is 18.2 Å². The molecule has 2 heterocycles. The first kappa shape index (κ1) is 19.8. The lowest BCUT2D eigenvalue weighted by Gasteiger charge is -2.13. The van der Waals surface area contributed by atoms with Crippen molar-refractivity contribution in [2.75, 3.05) is 5.32 Å². The molecule has 1 aromatic carbocycles. The van der Waals surface area contributed by atoms with E-state index in [9.17, 15) is 14.4 Å². The largest absolute Gasteiger partial charge is 0.449 e. The lowest BCUT2D eigenvalue weighted by molar-refractivity contribution is -0.129. The predicted molar refractivity (Wildman–Crippen MR) is 110 cm³/mol. The smallest absolute Gasteiger partial charge is 0.338 e. The van der Waals surface area contributed by atoms with Gasteiger partial charge >= 0.3 is 5.97 Å². The molecule has 8 heteroatoms. The molecule has 6 nitrogen and oxygen atoms in total. The maximum Gasteiger partial charge on any atom is 0.338 e. The maximum absolute atomic E-state index is 12.3. The number of thiophene rings is 2. The lowest BCUT2D eigenvalue weighted by Crippen LogP contribution is -2.35. The molecule has 144 valence electrons. The Morgan fingerprint density at radius 2 is 1.82 bits per heavy atom. The zero-order valence-corrected chi connectivity index (χ0v) is 16.6. The molecule has 0 bridgehead atoms. The Morgan fingerprint density at radius 1 is 1.04 bits per heavy atom. The Bertz CT molecular complexity index is 953. The van der Waals surface area contributed by atoms with Crippen LogP contribution in [0.4, 0.5) is 5.69 Å². The minimum absolute atomic E-state index is 0.248. The normalized spacial score (nSPS) is 11.5. The van der Waals surface area contributed by atoms with E-state index in [1.807, 2.05) is 22.9 Å². The maximum atomic E-state index is 12.3. The fourth-order valence-corrected chi connectivity index (χ4v) is 3.60. The Hall–Kier alpha value is -2.97. The minimum Gasteiger partial charge on any atom is -0.449 e. The van der Waals surface area contributed by atoms with E-state index in [1.54, 1.807) is 30.3 Å². The number of esters is 1. The fourth-order valence-electron chi connectivity index (χ4n) is 2.34. The molecule has 0 unspecified atom stereocenters. The van der Waals surface area contributed by atoms with Crippen molar-refractivity contribution in [1.29, 1.82) is 0 Å². The first-order valence-electron chi connectivity index (χ1n) is 8.49. The highest BCUT2D eigenvalue weighted by Gasteiger charge is 2.19. The molecule has 28 heavy (non-hydrogen) atoms. The average Bonchev–Trinajstić information content (AvgIpc) is 3.40. The lowest BCUT2D eigenvalue weighted by atomic mass is 10.2. The summed E-state index contributed by atoms with van der Waals surface area (Å²) in [5.41, 5.74) is 0.726. The topological polar surface area (TPSA) is 84.5 Å². The number of anilines is 1. The van der Waals surface area contributed by atoms with E-state index < -0.39 is 12.1 Å². The van der Waals surface area contributed by atoms with E-state index in [4.69, 9.17) is 4.74 Å². The number of carbonyl (C=O) groups excluding carboxylic acids is 3. The van der Waals surface area contributed by atoms with E-state index >= 15 is 0 Å². The molecule has 0 aliphatic heterocycles. The van der Waals surface area contributed by atoms with Crippen LogP contribution < -0.4 is 10.6 Å². The number of carbonyl (C=O) groups is 3. The van der Waals surface area contributed by atoms with Gasteiger partial charge in [-0.2, -0.15) is 0 Å². The van der Waals surface area contributed by atoms with Gasteiger partial charge in [-0.05, 0) is 48.0 Å². The first-order chi connectivity index (χ1) is 13.5. The van der Waals surface area contributed by atoms with Gasteiger partial charge in [-0.3, -0.25) is 9.59 Å². The van der Waals surface area contributed by atoms with Crippen LogP contribution in [0.2, 0.25) is 0 Å². The van der Waals surface area contributed by atoms with Crippen LogP contribution in [0.1, 0.15) is 31.8 Å². The summed E-state index contributed by atoms with van der Waals surface area (Å²) in [6.07, 6.45) is -0.933. The number of ether oxygens (including phenoxy) is 1. The van der Waals surface area contributed by atoms with Crippen molar-refractivity contribution < 1.29 is 19.1 Å². The summed E-state index contributed by atoms with van der Waals surface area (Å²) in [5, 5.41) is 9.21. The van der Waals surface area contributed by atoms with Crippen molar-refractivity contribution in [3.63, 3.8) is 0 Å². The second kappa shape index (κ2) is 9.29. The molecule has 0 fully saturated rings. The van der Waals surface area contributed by atoms with E-state index in [-0.39, 0.29) is 17.4 Å². The highest BCUT2D eigenvalue weighted by Crippen LogP contribution is 2.16. The van der Waals surface area contributed by atoms with Crippen LogP contribution in [0.15, 0.2) is 59.3 Å². The highest BCUT2D eigenvalue weighted by molar-refractivity contribution is 7.12. The summed E-state index contributed by atoms with van der Waals surface area (Å²) in [7, 11) is 0. The van der Waals surface area contributed by atoms with Crippen molar-refractivity contribution in [3.8, 4) is 0 Å². The van der Waals surface area contributed by atoms with E-state index in [1.165, 1.54) is 35.7 Å². The molecule has 1 atom stereocenters. The van der Waals surface area contributed by atoms with Crippen LogP contribution in [0, 0.1) is 0 Å². The Kier molecular flexibility index (Phi) is 6.57. The number of amides is 2. The van der Waals surface area contributed by atoms with E-state index in [0.29, 0.717) is 17.1 Å². The van der Waals surface area contributed by atoms with E-state index in [0.717, 1.165) is 4.88 Å². The Morgan fingerprint density at radius 3 is 2.54 bits per heavy atom. The quantitative estimate of drug-likeness (QED) is 0.574. The number of hydrogen-bond donors (Lipinski definition) is 2. The molecule has 2 aromatic heterocycles. The SMILES string of the molecule is C[C@H](OC(=O)c1cccc(NC(=O)c2cccs2)c1)C(=O)NCc1cccs1. The number of nitrogens with one attached hydrogen (secondary N) is 2. The van der Waals surface area contributed by atoms with Gasteiger partial charge in [-0.25, -0.2) is 4.79 Å². The standard InChI is InChI=1S/C20H18N2O4S2/c1-13(18(23)21-12-16-7-3-9-27-16)26-20(25)14-5-2-6-15(11-14)22-19(24)17-8-4-10-28-17/h2-11,13H,12H2,1H3,(H,21,23)(H,22,24)/t13-/m0/s1. The van der Waals surface area contributed by atoms with Crippen LogP contribution in [0.3, 0.4) is 0 Å². The Balaban J connectivity index is 1.56. The molecule has 0 spiro atoms. The number of hydrogen-bond acceptors (Lipinski definition) is 6. The molecule has 0 saturated heterocycles. The molecule has 2 amide bonds. The Labute approximate surface area is 170 Å². The molecular weight excluding hydrogens is 396 g/mol. The monoisotopic (exact) mass is 414 g/mol. The summed E-state index contributed by atoms with van der Waals surface area (Å²) in [5.74, 6) is -1.25. The zero-order chi connectivity index (χ0) is 19.9. The van der Waals surface area contributed by atoms with Crippen LogP contribution in [-0.4, -0.2) is 23.9 Å². The van der Waals surface area contributed by atoms with E-state index in [2.05, 4.69) is 10.6 Å². The number of benzene rings is 1. The second-order valence-electron chi connectivity index (χ2n) is 5.86. The van der Waals surface area contributed by atoms with Gasteiger partial charge in [0.25, 0.3) is 11.8 Å². The van der Waals surface area contributed by atoms with Crippen molar-refractivity contribution in [1.82, 2.24) is 5.32 Å². The van der Waals surface area contributed by atoms with Crippen molar-refractivity contribution in [3.05, 3.63) is 74.6 Å². The van der Waals surface area contributed by atoms with Gasteiger partial charge in [0, 0.05) is 10.6 Å². The van der Waals surface area contributed by atoms with Gasteiger partial charge < -0.3 is 15.4 Å². The van der Waals surface area contributed by atoms with Crippen molar-refractivity contribution >= 4 is 46.1 Å². The molecule has 2 N–H and O–H groups in total. The van der Waals surface area contributed by atoms with Gasteiger partial charge in [0.05, 0.1) is 17.0 Å². The van der Waals surface area contributed by atoms with Gasteiger partial charge in [0.2, 0.25) is 0 Å². The van der Waals surface area contributed by atoms with Crippen LogP contribution in [-0.2, 0) is 16.1 Å². The summed E-state index contributed by atoms with van der Waals surface area (Å²) in [4.78, 5) is 38.2. The third-order valence-corrected chi connectivity index (χ3v) is 5.52. The molecule has 0 saturated carbocycles. The third-order valence-electron chi connectivity index (χ3n) is 3.77. The summed E-state index contributed by atoms with van der Waals surface area (Å²) < 4.78 is 5.24. The molecule has 0 radical (unpaired) electrons. The molecule has 0 aliphatic rings. The van der Waals surface area contributed by atoms with Gasteiger partial charge in [0.1, 0.15) is 0 Å². The second-order valence-corrected chi connectivity index (χ2v) is 7.84. The highest BCUT2D eigenvalue weighted by atomic mass is 32.1. The molecule has 3 rings (SSSR count). The van der Waals surface area contributed by atoms with Gasteiger partial charge in [0.15, 0.2) is 6.10 Å².